The van der Waals surface area contributed by atoms with Crippen LogP contribution in [0.2, 0.25) is 5.02 Å². The fourth-order valence-electron chi connectivity index (χ4n) is 2.41. The molecule has 2 nitrogen and oxygen atoms in total. The molecule has 86 valence electrons. The lowest BCUT2D eigenvalue weighted by Crippen LogP contribution is -1.85. The number of fused-ring (bicyclic) bond motifs is 5. The molecule has 0 saturated carbocycles. The highest BCUT2D eigenvalue weighted by Crippen LogP contribution is 2.25. The van der Waals surface area contributed by atoms with Crippen molar-refractivity contribution in [3.63, 3.8) is 0 Å². The van der Waals surface area contributed by atoms with Crippen LogP contribution in [-0.2, 0) is 0 Å². The average molecular weight is 253 g/mol. The molecule has 0 aliphatic heterocycles. The van der Waals surface area contributed by atoms with Gasteiger partial charge in [0.2, 0.25) is 0 Å². The molecule has 0 spiro atoms. The van der Waals surface area contributed by atoms with Crippen molar-refractivity contribution in [2.75, 3.05) is 0 Å². The van der Waals surface area contributed by atoms with Crippen LogP contribution < -0.4 is 0 Å². The number of benzene rings is 2. The summed E-state index contributed by atoms with van der Waals surface area (Å²) in [5, 5.41) is 3.08. The summed E-state index contributed by atoms with van der Waals surface area (Å²) in [7, 11) is 0. The van der Waals surface area contributed by atoms with Crippen molar-refractivity contribution in [1.29, 1.82) is 0 Å². The normalized spacial score (nSPS) is 11.6. The lowest BCUT2D eigenvalue weighted by molar-refractivity contribution is 1.25. The van der Waals surface area contributed by atoms with Gasteiger partial charge in [0.1, 0.15) is 5.65 Å². The van der Waals surface area contributed by atoms with Crippen molar-refractivity contribution in [3.05, 3.63) is 59.8 Å². The molecule has 0 atom stereocenters. The summed E-state index contributed by atoms with van der Waals surface area (Å²) in [4.78, 5) is 4.68. The maximum absolute atomic E-state index is 6.02. The molecule has 0 aliphatic rings. The average Bonchev–Trinajstić information content (AvgIpc) is 2.76. The lowest BCUT2D eigenvalue weighted by Gasteiger charge is -2.00. The van der Waals surface area contributed by atoms with E-state index >= 15 is 0 Å². The summed E-state index contributed by atoms with van der Waals surface area (Å²) in [5.41, 5.74) is 2.99. The van der Waals surface area contributed by atoms with Crippen LogP contribution >= 0.6 is 11.6 Å². The molecule has 2 aromatic carbocycles. The zero-order chi connectivity index (χ0) is 12.1. The summed E-state index contributed by atoms with van der Waals surface area (Å²) >= 11 is 6.02. The standard InChI is InChI=1S/C15H9ClN2/c16-11-5-6-14-13(9-11)17-15-12-4-2-1-3-10(12)7-8-18(14)15/h1-9H. The third-order valence-corrected chi connectivity index (χ3v) is 3.49. The Morgan fingerprint density at radius 3 is 2.83 bits per heavy atom. The van der Waals surface area contributed by atoms with Gasteiger partial charge in [0.05, 0.1) is 11.0 Å². The first-order valence-electron chi connectivity index (χ1n) is 5.78. The van der Waals surface area contributed by atoms with Gasteiger partial charge in [-0.1, -0.05) is 35.9 Å². The van der Waals surface area contributed by atoms with Crippen LogP contribution in [0.15, 0.2) is 54.7 Å². The first-order chi connectivity index (χ1) is 8.83. The van der Waals surface area contributed by atoms with Crippen molar-refractivity contribution in [1.82, 2.24) is 9.38 Å². The molecule has 18 heavy (non-hydrogen) atoms. The van der Waals surface area contributed by atoms with Crippen LogP contribution in [0.25, 0.3) is 27.5 Å². The smallest absolute Gasteiger partial charge is 0.145 e. The fourth-order valence-corrected chi connectivity index (χ4v) is 2.58. The summed E-state index contributed by atoms with van der Waals surface area (Å²) in [5.74, 6) is 0. The van der Waals surface area contributed by atoms with Crippen molar-refractivity contribution in [2.45, 2.75) is 0 Å². The lowest BCUT2D eigenvalue weighted by atomic mass is 10.2. The van der Waals surface area contributed by atoms with Crippen molar-refractivity contribution in [2.24, 2.45) is 0 Å². The van der Waals surface area contributed by atoms with E-state index < -0.39 is 0 Å². The summed E-state index contributed by atoms with van der Waals surface area (Å²) in [6.07, 6.45) is 2.06. The number of aromatic nitrogens is 2. The predicted molar refractivity (Wildman–Crippen MR) is 75.2 cm³/mol. The van der Waals surface area contributed by atoms with Crippen LogP contribution in [0, 0.1) is 0 Å². The topological polar surface area (TPSA) is 17.3 Å². The highest BCUT2D eigenvalue weighted by Gasteiger charge is 2.07. The third kappa shape index (κ3) is 1.27. The second-order valence-corrected chi connectivity index (χ2v) is 4.78. The van der Waals surface area contributed by atoms with Gasteiger partial charge in [-0.3, -0.25) is 4.40 Å². The van der Waals surface area contributed by atoms with E-state index in [2.05, 4.69) is 33.8 Å². The van der Waals surface area contributed by atoms with Gasteiger partial charge in [-0.15, -0.1) is 0 Å². The number of pyridine rings is 1. The van der Waals surface area contributed by atoms with Crippen molar-refractivity contribution in [3.8, 4) is 0 Å². The Morgan fingerprint density at radius 2 is 1.89 bits per heavy atom. The Labute approximate surface area is 108 Å². The molecule has 0 radical (unpaired) electrons. The van der Waals surface area contributed by atoms with E-state index in [-0.39, 0.29) is 0 Å². The van der Waals surface area contributed by atoms with Crippen LogP contribution in [-0.4, -0.2) is 9.38 Å². The monoisotopic (exact) mass is 252 g/mol. The highest BCUT2D eigenvalue weighted by atomic mass is 35.5. The number of hydrogen-bond donors (Lipinski definition) is 0. The second kappa shape index (κ2) is 3.47. The SMILES string of the molecule is Clc1ccc2c(c1)nc1c3ccccc3ccn21. The molecule has 0 saturated heterocycles. The van der Waals surface area contributed by atoms with E-state index in [4.69, 9.17) is 11.6 Å². The van der Waals surface area contributed by atoms with E-state index in [1.165, 1.54) is 5.39 Å². The van der Waals surface area contributed by atoms with E-state index in [0.29, 0.717) is 0 Å². The molecule has 0 amide bonds. The van der Waals surface area contributed by atoms with Crippen molar-refractivity contribution < 1.29 is 0 Å². The number of nitrogens with zero attached hydrogens (tertiary/aromatic N) is 2. The maximum atomic E-state index is 6.02. The van der Waals surface area contributed by atoms with Gasteiger partial charge in [-0.25, -0.2) is 4.98 Å². The third-order valence-electron chi connectivity index (χ3n) is 3.26. The molecule has 0 fully saturated rings. The summed E-state index contributed by atoms with van der Waals surface area (Å²) < 4.78 is 2.11. The zero-order valence-corrected chi connectivity index (χ0v) is 10.2. The number of imidazole rings is 1. The Hall–Kier alpha value is -2.06. The largest absolute Gasteiger partial charge is 0.299 e. The quantitative estimate of drug-likeness (QED) is 0.456. The Balaban J connectivity index is 2.29. The number of rotatable bonds is 0. The maximum Gasteiger partial charge on any atom is 0.145 e. The van der Waals surface area contributed by atoms with E-state index in [0.717, 1.165) is 27.1 Å². The van der Waals surface area contributed by atoms with Gasteiger partial charge >= 0.3 is 0 Å². The Kier molecular flexibility index (Phi) is 1.91. The minimum Gasteiger partial charge on any atom is -0.299 e. The molecule has 0 bridgehead atoms. The van der Waals surface area contributed by atoms with Crippen molar-refractivity contribution >= 4 is 39.1 Å². The van der Waals surface area contributed by atoms with Crippen LogP contribution in [0.3, 0.4) is 0 Å². The van der Waals surface area contributed by atoms with E-state index in [1.54, 1.807) is 0 Å². The van der Waals surface area contributed by atoms with Crippen LogP contribution in [0.5, 0.6) is 0 Å². The fraction of sp³-hybridized carbons (Fsp3) is 0. The molecule has 3 heteroatoms. The predicted octanol–water partition coefficient (Wildman–Crippen LogP) is 4.29. The van der Waals surface area contributed by atoms with Gasteiger partial charge in [-0.2, -0.15) is 0 Å². The Bertz CT molecular complexity index is 893. The minimum atomic E-state index is 0.718. The van der Waals surface area contributed by atoms with Gasteiger partial charge in [0.25, 0.3) is 0 Å². The minimum absolute atomic E-state index is 0.718. The molecule has 2 heterocycles. The second-order valence-electron chi connectivity index (χ2n) is 4.34. The van der Waals surface area contributed by atoms with E-state index in [1.807, 2.05) is 30.3 Å². The van der Waals surface area contributed by atoms with Gasteiger partial charge in [0.15, 0.2) is 0 Å². The van der Waals surface area contributed by atoms with Crippen LogP contribution in [0.1, 0.15) is 0 Å². The number of halogens is 1. The molecular weight excluding hydrogens is 244 g/mol. The number of hydrogen-bond acceptors (Lipinski definition) is 1. The molecule has 0 unspecified atom stereocenters. The molecule has 0 N–H and O–H groups in total. The first-order valence-corrected chi connectivity index (χ1v) is 6.16. The molecular formula is C15H9ClN2. The molecule has 2 aromatic heterocycles. The van der Waals surface area contributed by atoms with Crippen LogP contribution in [0.4, 0.5) is 0 Å². The van der Waals surface area contributed by atoms with E-state index in [9.17, 15) is 0 Å². The highest BCUT2D eigenvalue weighted by molar-refractivity contribution is 6.31. The summed E-state index contributed by atoms with van der Waals surface area (Å²) in [6, 6.07) is 16.2. The Morgan fingerprint density at radius 1 is 1.00 bits per heavy atom. The molecule has 0 aliphatic carbocycles. The van der Waals surface area contributed by atoms with Gasteiger partial charge in [-0.05, 0) is 29.7 Å². The van der Waals surface area contributed by atoms with Gasteiger partial charge < -0.3 is 0 Å². The first kappa shape index (κ1) is 9.92. The zero-order valence-electron chi connectivity index (χ0n) is 9.47. The summed E-state index contributed by atoms with van der Waals surface area (Å²) in [6.45, 7) is 0. The van der Waals surface area contributed by atoms with Gasteiger partial charge in [0, 0.05) is 16.6 Å². The molecule has 4 rings (SSSR count). The molecule has 4 aromatic rings.